The topological polar surface area (TPSA) is 47.0 Å². The lowest BCUT2D eigenvalue weighted by Gasteiger charge is -2.35. The van der Waals surface area contributed by atoms with Crippen molar-refractivity contribution in [1.29, 1.82) is 0 Å². The molecule has 0 saturated carbocycles. The third-order valence-corrected chi connectivity index (χ3v) is 5.81. The second-order valence-corrected chi connectivity index (χ2v) is 7.74. The molecule has 3 N–H and O–H groups in total. The van der Waals surface area contributed by atoms with Crippen LogP contribution in [-0.4, -0.2) is 44.6 Å². The molecule has 1 aliphatic heterocycles. The number of quaternary nitrogens is 1. The standard InChI is InChI=1S/C19H25N3O2S2/c1-14(20-19(25)21-15-6-3-4-7-16(15)23-2)18(17-8-5-13-26-17)22-9-11-24-12-10-22/h3-8,13-14,18H,9-12H2,1-2H3,(H2,20,21,25)/p+1/t14-,18-/m1/s1. The van der Waals surface area contributed by atoms with Crippen LogP contribution in [0.25, 0.3) is 0 Å². The minimum Gasteiger partial charge on any atom is -0.495 e. The smallest absolute Gasteiger partial charge is 0.171 e. The van der Waals surface area contributed by atoms with Gasteiger partial charge in [-0.3, -0.25) is 0 Å². The third-order valence-electron chi connectivity index (χ3n) is 4.64. The van der Waals surface area contributed by atoms with Gasteiger partial charge in [0.15, 0.2) is 5.11 Å². The number of anilines is 1. The van der Waals surface area contributed by atoms with Crippen LogP contribution in [-0.2, 0) is 4.74 Å². The first kappa shape index (κ1) is 19.1. The van der Waals surface area contributed by atoms with Crippen molar-refractivity contribution < 1.29 is 14.4 Å². The molecule has 1 saturated heterocycles. The number of thiophene rings is 1. The minimum absolute atomic E-state index is 0.191. The monoisotopic (exact) mass is 392 g/mol. The van der Waals surface area contributed by atoms with E-state index in [4.69, 9.17) is 21.7 Å². The Morgan fingerprint density at radius 2 is 2.00 bits per heavy atom. The van der Waals surface area contributed by atoms with E-state index in [2.05, 4.69) is 35.1 Å². The molecule has 26 heavy (non-hydrogen) atoms. The van der Waals surface area contributed by atoms with E-state index < -0.39 is 0 Å². The Balaban J connectivity index is 1.68. The summed E-state index contributed by atoms with van der Waals surface area (Å²) in [5, 5.41) is 9.48. The van der Waals surface area contributed by atoms with Crippen molar-refractivity contribution in [1.82, 2.24) is 5.32 Å². The van der Waals surface area contributed by atoms with Crippen LogP contribution >= 0.6 is 23.6 Å². The van der Waals surface area contributed by atoms with Crippen LogP contribution in [0.15, 0.2) is 41.8 Å². The van der Waals surface area contributed by atoms with Gasteiger partial charge in [0.1, 0.15) is 24.9 Å². The Hall–Kier alpha value is -1.67. The molecular formula is C19H26N3O2S2+. The third kappa shape index (κ3) is 4.73. The van der Waals surface area contributed by atoms with Crippen molar-refractivity contribution in [2.75, 3.05) is 38.7 Å². The maximum Gasteiger partial charge on any atom is 0.171 e. The summed E-state index contributed by atoms with van der Waals surface area (Å²) in [6, 6.07) is 12.6. The predicted octanol–water partition coefficient (Wildman–Crippen LogP) is 2.09. The number of hydrogen-bond acceptors (Lipinski definition) is 4. The first-order chi connectivity index (χ1) is 12.7. The van der Waals surface area contributed by atoms with Crippen LogP contribution in [0.2, 0.25) is 0 Å². The number of hydrogen-bond donors (Lipinski definition) is 3. The molecule has 1 aromatic heterocycles. The molecule has 1 aromatic carbocycles. The van der Waals surface area contributed by atoms with Gasteiger partial charge in [-0.2, -0.15) is 0 Å². The van der Waals surface area contributed by atoms with E-state index >= 15 is 0 Å². The van der Waals surface area contributed by atoms with Crippen LogP contribution in [0.3, 0.4) is 0 Å². The van der Waals surface area contributed by atoms with Crippen LogP contribution in [0, 0.1) is 0 Å². The molecule has 0 bridgehead atoms. The maximum atomic E-state index is 5.56. The lowest BCUT2D eigenvalue weighted by Crippen LogP contribution is -3.15. The molecule has 0 spiro atoms. The maximum absolute atomic E-state index is 5.56. The summed E-state index contributed by atoms with van der Waals surface area (Å²) in [5.41, 5.74) is 0.867. The van der Waals surface area contributed by atoms with E-state index in [1.807, 2.05) is 24.3 Å². The van der Waals surface area contributed by atoms with Crippen LogP contribution < -0.4 is 20.3 Å². The first-order valence-electron chi connectivity index (χ1n) is 8.85. The highest BCUT2D eigenvalue weighted by Crippen LogP contribution is 2.23. The van der Waals surface area contributed by atoms with E-state index in [-0.39, 0.29) is 6.04 Å². The Kier molecular flexibility index (Phi) is 6.85. The van der Waals surface area contributed by atoms with Gasteiger partial charge in [-0.15, -0.1) is 11.3 Å². The fourth-order valence-corrected chi connectivity index (χ4v) is 4.70. The molecule has 0 unspecified atom stereocenters. The number of thiocarbonyl (C=S) groups is 1. The lowest BCUT2D eigenvalue weighted by molar-refractivity contribution is -0.939. The number of morpholine rings is 1. The van der Waals surface area contributed by atoms with Crippen LogP contribution in [0.4, 0.5) is 5.69 Å². The first-order valence-corrected chi connectivity index (χ1v) is 10.1. The largest absolute Gasteiger partial charge is 0.495 e. The molecule has 1 fully saturated rings. The molecule has 0 aliphatic carbocycles. The molecule has 0 amide bonds. The van der Waals surface area contributed by atoms with Crippen molar-refractivity contribution in [3.8, 4) is 5.75 Å². The molecule has 3 rings (SSSR count). The lowest BCUT2D eigenvalue weighted by atomic mass is 10.1. The average molecular weight is 393 g/mol. The van der Waals surface area contributed by atoms with Crippen LogP contribution in [0.1, 0.15) is 17.8 Å². The summed E-state index contributed by atoms with van der Waals surface area (Å²) in [5.74, 6) is 0.776. The SMILES string of the molecule is COc1ccccc1NC(=S)N[C@H](C)[C@H](c1cccs1)[NH+]1CCOCC1. The fourth-order valence-electron chi connectivity index (χ4n) is 3.41. The van der Waals surface area contributed by atoms with Crippen molar-refractivity contribution in [2.45, 2.75) is 19.0 Å². The number of ether oxygens (including phenoxy) is 2. The second-order valence-electron chi connectivity index (χ2n) is 6.35. The van der Waals surface area contributed by atoms with Gasteiger partial charge < -0.3 is 25.0 Å². The molecule has 2 heterocycles. The highest BCUT2D eigenvalue weighted by Gasteiger charge is 2.32. The zero-order chi connectivity index (χ0) is 18.4. The van der Waals surface area contributed by atoms with Gasteiger partial charge in [-0.1, -0.05) is 18.2 Å². The molecule has 0 radical (unpaired) electrons. The number of para-hydroxylation sites is 2. The quantitative estimate of drug-likeness (QED) is 0.657. The number of benzene rings is 1. The molecule has 140 valence electrons. The summed E-state index contributed by atoms with van der Waals surface area (Å²) in [7, 11) is 1.66. The second kappa shape index (κ2) is 9.32. The molecular weight excluding hydrogens is 366 g/mol. The zero-order valence-electron chi connectivity index (χ0n) is 15.2. The van der Waals surface area contributed by atoms with Gasteiger partial charge in [0.2, 0.25) is 0 Å². The van der Waals surface area contributed by atoms with Gasteiger partial charge in [0.25, 0.3) is 0 Å². The van der Waals surface area contributed by atoms with Gasteiger partial charge in [0, 0.05) is 0 Å². The van der Waals surface area contributed by atoms with Crippen LogP contribution in [0.5, 0.6) is 5.75 Å². The van der Waals surface area contributed by atoms with Crippen molar-refractivity contribution in [3.05, 3.63) is 46.7 Å². The Bertz CT molecular complexity index is 703. The zero-order valence-corrected chi connectivity index (χ0v) is 16.8. The van der Waals surface area contributed by atoms with E-state index in [1.54, 1.807) is 23.3 Å². The van der Waals surface area contributed by atoms with E-state index in [9.17, 15) is 0 Å². The Labute approximate surface area is 164 Å². The van der Waals surface area contributed by atoms with E-state index in [1.165, 1.54) is 4.88 Å². The number of methoxy groups -OCH3 is 1. The summed E-state index contributed by atoms with van der Waals surface area (Å²) in [6.45, 7) is 5.85. The molecule has 2 aromatic rings. The molecule has 1 aliphatic rings. The number of rotatable bonds is 6. The van der Waals surface area contributed by atoms with E-state index in [0.29, 0.717) is 11.2 Å². The minimum atomic E-state index is 0.191. The highest BCUT2D eigenvalue weighted by molar-refractivity contribution is 7.80. The molecule has 5 nitrogen and oxygen atoms in total. The van der Waals surface area contributed by atoms with Gasteiger partial charge in [-0.05, 0) is 42.7 Å². The fraction of sp³-hybridized carbons (Fsp3) is 0.421. The van der Waals surface area contributed by atoms with Crippen molar-refractivity contribution in [2.24, 2.45) is 0 Å². The van der Waals surface area contributed by atoms with Gasteiger partial charge in [-0.25, -0.2) is 0 Å². The van der Waals surface area contributed by atoms with Crippen molar-refractivity contribution in [3.63, 3.8) is 0 Å². The van der Waals surface area contributed by atoms with Gasteiger partial charge >= 0.3 is 0 Å². The number of nitrogens with one attached hydrogen (secondary N) is 3. The predicted molar refractivity (Wildman–Crippen MR) is 110 cm³/mol. The molecule has 2 atom stereocenters. The molecule has 7 heteroatoms. The summed E-state index contributed by atoms with van der Waals surface area (Å²) >= 11 is 7.37. The highest BCUT2D eigenvalue weighted by atomic mass is 32.1. The average Bonchev–Trinajstić information content (AvgIpc) is 3.17. The van der Waals surface area contributed by atoms with E-state index in [0.717, 1.165) is 37.7 Å². The van der Waals surface area contributed by atoms with Gasteiger partial charge in [0.05, 0.1) is 36.9 Å². The Morgan fingerprint density at radius 3 is 2.69 bits per heavy atom. The summed E-state index contributed by atoms with van der Waals surface area (Å²) in [6.07, 6.45) is 0. The summed E-state index contributed by atoms with van der Waals surface area (Å²) in [4.78, 5) is 2.92. The van der Waals surface area contributed by atoms with Crippen molar-refractivity contribution >= 4 is 34.4 Å². The summed E-state index contributed by atoms with van der Waals surface area (Å²) < 4.78 is 10.9. The normalized spacial score (nSPS) is 17.3. The Morgan fingerprint density at radius 1 is 1.23 bits per heavy atom.